The van der Waals surface area contributed by atoms with Crippen molar-refractivity contribution in [1.29, 1.82) is 0 Å². The molecule has 1 aliphatic heterocycles. The maximum absolute atomic E-state index is 10.7. The summed E-state index contributed by atoms with van der Waals surface area (Å²) in [5, 5.41) is 84.5. The van der Waals surface area contributed by atoms with Crippen LogP contribution in [0, 0.1) is 0 Å². The van der Waals surface area contributed by atoms with Crippen LogP contribution in [0.25, 0.3) is 0 Å². The predicted octanol–water partition coefficient (Wildman–Crippen LogP) is -5.67. The highest BCUT2D eigenvalue weighted by atomic mass is 16.7. The Hall–Kier alpha value is -0.930. The molecule has 0 aromatic heterocycles. The molecular weight excluding hydrogens is 336 g/mol. The minimum absolute atomic E-state index is 0.766. The van der Waals surface area contributed by atoms with Gasteiger partial charge in [-0.1, -0.05) is 0 Å². The molecule has 0 radical (unpaired) electrons. The van der Waals surface area contributed by atoms with Crippen LogP contribution >= 0.6 is 0 Å². The van der Waals surface area contributed by atoms with E-state index in [1.54, 1.807) is 0 Å². The van der Waals surface area contributed by atoms with Crippen LogP contribution in [0.4, 0.5) is 0 Å². The van der Waals surface area contributed by atoms with Crippen LogP contribution in [0.5, 0.6) is 0 Å². The van der Waals surface area contributed by atoms with Crippen LogP contribution < -0.4 is 0 Å². The second kappa shape index (κ2) is 8.96. The molecule has 12 nitrogen and oxygen atoms in total. The fourth-order valence-corrected chi connectivity index (χ4v) is 2.16. The Labute approximate surface area is 135 Å². The van der Waals surface area contributed by atoms with Gasteiger partial charge in [-0.25, -0.2) is 4.79 Å². The number of aliphatic carboxylic acids is 1. The molecular formula is C12H22O12. The van der Waals surface area contributed by atoms with Crippen LogP contribution in [0.1, 0.15) is 0 Å². The first-order valence-electron chi connectivity index (χ1n) is 6.99. The molecule has 9 atom stereocenters. The number of ether oxygens (including phenoxy) is 2. The molecule has 24 heavy (non-hydrogen) atoms. The summed E-state index contributed by atoms with van der Waals surface area (Å²) in [5.74, 6) is -1.84. The Morgan fingerprint density at radius 3 is 2.08 bits per heavy atom. The maximum Gasteiger partial charge on any atom is 0.335 e. The van der Waals surface area contributed by atoms with E-state index in [1.165, 1.54) is 0 Å². The molecule has 0 bridgehead atoms. The summed E-state index contributed by atoms with van der Waals surface area (Å²) in [5.41, 5.74) is 0. The molecule has 0 aliphatic carbocycles. The summed E-state index contributed by atoms with van der Waals surface area (Å²) in [6.45, 7) is -1.76. The lowest BCUT2D eigenvalue weighted by atomic mass is 9.98. The Morgan fingerprint density at radius 2 is 1.62 bits per heavy atom. The summed E-state index contributed by atoms with van der Waals surface area (Å²) >= 11 is 0. The van der Waals surface area contributed by atoms with Gasteiger partial charge in [0, 0.05) is 0 Å². The molecule has 4 unspecified atom stereocenters. The highest BCUT2D eigenvalue weighted by Crippen LogP contribution is 2.24. The van der Waals surface area contributed by atoms with Crippen molar-refractivity contribution in [3.8, 4) is 0 Å². The normalized spacial score (nSPS) is 35.9. The Kier molecular flexibility index (Phi) is 7.88. The second-order valence-corrected chi connectivity index (χ2v) is 5.32. The molecule has 0 aromatic carbocycles. The maximum atomic E-state index is 10.7. The van der Waals surface area contributed by atoms with Crippen molar-refractivity contribution in [2.24, 2.45) is 0 Å². The molecule has 1 saturated heterocycles. The number of carbonyl (C=O) groups is 1. The standard InChI is InChI=1S/C12H22O12/c13-1-3(15)10(7(18)8(19)11(21)22)24-12-9(20)6(17)5(16)4(2-14)23-12/h3-10,12-20H,1-2H2,(H,21,22)/t3?,4-,5+,6+,7?,8?,9-,10?,12+/m1/s1. The summed E-state index contributed by atoms with van der Waals surface area (Å²) < 4.78 is 9.98. The van der Waals surface area contributed by atoms with Gasteiger partial charge in [0.05, 0.1) is 13.2 Å². The van der Waals surface area contributed by atoms with Crippen LogP contribution in [-0.4, -0.2) is 120 Å². The van der Waals surface area contributed by atoms with Gasteiger partial charge in [0.25, 0.3) is 0 Å². The van der Waals surface area contributed by atoms with Gasteiger partial charge < -0.3 is 55.4 Å². The number of aliphatic hydroxyl groups excluding tert-OH is 8. The number of rotatable bonds is 8. The van der Waals surface area contributed by atoms with Crippen molar-refractivity contribution in [2.45, 2.75) is 55.1 Å². The fraction of sp³-hybridized carbons (Fsp3) is 0.917. The van der Waals surface area contributed by atoms with Crippen molar-refractivity contribution in [3.63, 3.8) is 0 Å². The first-order chi connectivity index (χ1) is 11.1. The second-order valence-electron chi connectivity index (χ2n) is 5.32. The SMILES string of the molecule is O=C(O)C(O)C(O)C(O[C@@H]1O[C@H](CO)[C@H](O)[C@H](O)[C@H]1O)C(O)CO. The molecule has 0 spiro atoms. The lowest BCUT2D eigenvalue weighted by Crippen LogP contribution is -2.61. The third kappa shape index (κ3) is 4.58. The third-order valence-electron chi connectivity index (χ3n) is 3.62. The molecule has 12 heteroatoms. The Bertz CT molecular complexity index is 403. The summed E-state index contributed by atoms with van der Waals surface area (Å²) in [6, 6.07) is 0. The molecule has 142 valence electrons. The zero-order valence-corrected chi connectivity index (χ0v) is 12.4. The average molecular weight is 358 g/mol. The smallest absolute Gasteiger partial charge is 0.335 e. The van der Waals surface area contributed by atoms with Gasteiger partial charge in [0.15, 0.2) is 12.4 Å². The van der Waals surface area contributed by atoms with Crippen molar-refractivity contribution in [1.82, 2.24) is 0 Å². The van der Waals surface area contributed by atoms with Gasteiger partial charge in [-0.3, -0.25) is 0 Å². The summed E-state index contributed by atoms with van der Waals surface area (Å²) in [6.07, 6.45) is -16.9. The van der Waals surface area contributed by atoms with E-state index in [2.05, 4.69) is 0 Å². The summed E-state index contributed by atoms with van der Waals surface area (Å²) in [7, 11) is 0. The number of aliphatic hydroxyl groups is 8. The minimum atomic E-state index is -2.39. The highest BCUT2D eigenvalue weighted by Gasteiger charge is 2.47. The van der Waals surface area contributed by atoms with E-state index in [9.17, 15) is 35.4 Å². The van der Waals surface area contributed by atoms with E-state index in [4.69, 9.17) is 24.8 Å². The van der Waals surface area contributed by atoms with Crippen LogP contribution in [0.15, 0.2) is 0 Å². The van der Waals surface area contributed by atoms with Crippen LogP contribution in [0.3, 0.4) is 0 Å². The van der Waals surface area contributed by atoms with E-state index in [-0.39, 0.29) is 0 Å². The number of carboxylic acid groups (broad SMARTS) is 1. The Balaban J connectivity index is 2.94. The molecule has 1 aliphatic rings. The quantitative estimate of drug-likeness (QED) is 0.198. The van der Waals surface area contributed by atoms with E-state index >= 15 is 0 Å². The van der Waals surface area contributed by atoms with Crippen LogP contribution in [0.2, 0.25) is 0 Å². The lowest BCUT2D eigenvalue weighted by Gasteiger charge is -2.42. The summed E-state index contributed by atoms with van der Waals surface area (Å²) in [4.78, 5) is 10.7. The molecule has 1 heterocycles. The Morgan fingerprint density at radius 1 is 1.04 bits per heavy atom. The number of hydrogen-bond acceptors (Lipinski definition) is 11. The van der Waals surface area contributed by atoms with Crippen molar-refractivity contribution < 1.29 is 60.2 Å². The first kappa shape index (κ1) is 21.1. The minimum Gasteiger partial charge on any atom is -0.479 e. The monoisotopic (exact) mass is 358 g/mol. The van der Waals surface area contributed by atoms with E-state index < -0.39 is 74.3 Å². The number of carboxylic acids is 1. The fourth-order valence-electron chi connectivity index (χ4n) is 2.16. The van der Waals surface area contributed by atoms with Gasteiger partial charge in [-0.2, -0.15) is 0 Å². The molecule has 9 N–H and O–H groups in total. The van der Waals surface area contributed by atoms with E-state index in [0.717, 1.165) is 0 Å². The van der Waals surface area contributed by atoms with Gasteiger partial charge in [0.2, 0.25) is 0 Å². The molecule has 0 saturated carbocycles. The van der Waals surface area contributed by atoms with Gasteiger partial charge in [-0.05, 0) is 0 Å². The van der Waals surface area contributed by atoms with E-state index in [1.807, 2.05) is 0 Å². The zero-order chi connectivity index (χ0) is 18.6. The molecule has 0 aromatic rings. The molecule has 0 amide bonds. The largest absolute Gasteiger partial charge is 0.479 e. The number of hydrogen-bond donors (Lipinski definition) is 9. The van der Waals surface area contributed by atoms with Crippen molar-refractivity contribution >= 4 is 5.97 Å². The first-order valence-corrected chi connectivity index (χ1v) is 6.99. The lowest BCUT2D eigenvalue weighted by molar-refractivity contribution is -0.326. The predicted molar refractivity (Wildman–Crippen MR) is 71.4 cm³/mol. The van der Waals surface area contributed by atoms with Gasteiger partial charge >= 0.3 is 5.97 Å². The van der Waals surface area contributed by atoms with Crippen molar-refractivity contribution in [3.05, 3.63) is 0 Å². The zero-order valence-electron chi connectivity index (χ0n) is 12.4. The molecule has 1 fully saturated rings. The third-order valence-corrected chi connectivity index (χ3v) is 3.62. The van der Waals surface area contributed by atoms with Crippen LogP contribution in [-0.2, 0) is 14.3 Å². The van der Waals surface area contributed by atoms with Crippen molar-refractivity contribution in [2.75, 3.05) is 13.2 Å². The average Bonchev–Trinajstić information content (AvgIpc) is 2.57. The highest BCUT2D eigenvalue weighted by molar-refractivity contribution is 5.72. The van der Waals surface area contributed by atoms with E-state index in [0.29, 0.717) is 0 Å². The molecule has 1 rings (SSSR count). The van der Waals surface area contributed by atoms with Gasteiger partial charge in [0.1, 0.15) is 42.7 Å². The topological polar surface area (TPSA) is 218 Å². The van der Waals surface area contributed by atoms with Gasteiger partial charge in [-0.15, -0.1) is 0 Å².